The maximum absolute atomic E-state index is 12.1. The van der Waals surface area contributed by atoms with Gasteiger partial charge in [-0.2, -0.15) is 0 Å². The molecule has 0 aliphatic carbocycles. The van der Waals surface area contributed by atoms with Crippen molar-refractivity contribution in [2.45, 2.75) is 43.5 Å². The molecule has 2 atom stereocenters. The Morgan fingerprint density at radius 3 is 2.03 bits per heavy atom. The highest BCUT2D eigenvalue weighted by Crippen LogP contribution is 2.39. The van der Waals surface area contributed by atoms with Crippen molar-refractivity contribution in [1.82, 2.24) is 0 Å². The fourth-order valence-corrected chi connectivity index (χ4v) is 6.00. The van der Waals surface area contributed by atoms with Crippen molar-refractivity contribution in [3.8, 4) is 0 Å². The van der Waals surface area contributed by atoms with Gasteiger partial charge in [-0.15, -0.1) is 0 Å². The second-order valence-electron chi connectivity index (χ2n) is 7.27. The minimum absolute atomic E-state index is 0.173. The Balaban J connectivity index is 1.58. The predicted molar refractivity (Wildman–Crippen MR) is 122 cm³/mol. The first-order valence-corrected chi connectivity index (χ1v) is 13.7. The van der Waals surface area contributed by atoms with Crippen molar-refractivity contribution in [2.75, 3.05) is 85.0 Å². The number of esters is 1. The molecular formula is C21H38O8S2. The molecular weight excluding hydrogens is 444 g/mol. The van der Waals surface area contributed by atoms with E-state index < -0.39 is 0 Å². The van der Waals surface area contributed by atoms with Gasteiger partial charge in [-0.05, 0) is 19.3 Å². The fraction of sp³-hybridized carbons (Fsp3) is 0.952. The Morgan fingerprint density at radius 1 is 0.806 bits per heavy atom. The summed E-state index contributed by atoms with van der Waals surface area (Å²) >= 11 is 0. The van der Waals surface area contributed by atoms with Gasteiger partial charge in [0.05, 0.1) is 72.7 Å². The van der Waals surface area contributed by atoms with Crippen LogP contribution in [-0.2, 0) is 38.0 Å². The number of ether oxygens (including phenoxy) is 7. The van der Waals surface area contributed by atoms with Crippen LogP contribution in [0.3, 0.4) is 0 Å². The van der Waals surface area contributed by atoms with Crippen LogP contribution in [0.25, 0.3) is 0 Å². The molecule has 0 aromatic rings. The molecule has 0 N–H and O–H groups in total. The maximum Gasteiger partial charge on any atom is 0.305 e. The third kappa shape index (κ3) is 15.4. The average molecular weight is 483 g/mol. The summed E-state index contributed by atoms with van der Waals surface area (Å²) in [5, 5.41) is 0.754. The highest BCUT2D eigenvalue weighted by molar-refractivity contribution is 8.77. The largest absolute Gasteiger partial charge is 0.463 e. The van der Waals surface area contributed by atoms with Gasteiger partial charge in [0.25, 0.3) is 0 Å². The lowest BCUT2D eigenvalue weighted by atomic mass is 10.1. The van der Waals surface area contributed by atoms with E-state index in [1.54, 1.807) is 0 Å². The third-order valence-corrected chi connectivity index (χ3v) is 7.69. The molecule has 2 fully saturated rings. The zero-order valence-corrected chi connectivity index (χ0v) is 20.1. The van der Waals surface area contributed by atoms with Crippen LogP contribution in [0.1, 0.15) is 32.1 Å². The Bertz CT molecular complexity index is 420. The molecule has 0 saturated carbocycles. The summed E-state index contributed by atoms with van der Waals surface area (Å²) in [7, 11) is 3.94. The van der Waals surface area contributed by atoms with Crippen molar-refractivity contribution >= 4 is 27.6 Å². The zero-order valence-electron chi connectivity index (χ0n) is 18.5. The normalized spacial score (nSPS) is 26.1. The van der Waals surface area contributed by atoms with Crippen LogP contribution in [-0.4, -0.2) is 102 Å². The standard InChI is InChI=1S/C21H38O8S2/c22-21(4-2-1-3-20-5-16-30-31-20)29-18-19-17-27-13-12-25-9-8-23-6-7-24-10-11-26-14-15-28-19/h19-20H,1-18H2. The first kappa shape index (κ1) is 27.2. The first-order chi connectivity index (χ1) is 15.3. The predicted octanol–water partition coefficient (Wildman–Crippen LogP) is 2.73. The van der Waals surface area contributed by atoms with Crippen LogP contribution in [0.4, 0.5) is 0 Å². The Morgan fingerprint density at radius 2 is 1.42 bits per heavy atom. The van der Waals surface area contributed by atoms with Gasteiger partial charge in [-0.25, -0.2) is 0 Å². The van der Waals surface area contributed by atoms with Crippen LogP contribution in [0.2, 0.25) is 0 Å². The van der Waals surface area contributed by atoms with Crippen LogP contribution in [0.5, 0.6) is 0 Å². The van der Waals surface area contributed by atoms with Crippen molar-refractivity contribution in [1.29, 1.82) is 0 Å². The molecule has 2 heterocycles. The summed E-state index contributed by atoms with van der Waals surface area (Å²) in [4.78, 5) is 12.1. The lowest BCUT2D eigenvalue weighted by Crippen LogP contribution is -2.29. The minimum atomic E-state index is -0.321. The highest BCUT2D eigenvalue weighted by atomic mass is 33.1. The number of hydrogen-bond donors (Lipinski definition) is 0. The fourth-order valence-electron chi connectivity index (χ4n) is 2.98. The molecule has 8 nitrogen and oxygen atoms in total. The lowest BCUT2D eigenvalue weighted by molar-refractivity contribution is -0.151. The van der Waals surface area contributed by atoms with Crippen LogP contribution < -0.4 is 0 Å². The quantitative estimate of drug-likeness (QED) is 0.307. The summed E-state index contributed by atoms with van der Waals surface area (Å²) in [6, 6.07) is 0. The number of unbranched alkanes of at least 4 members (excludes halogenated alkanes) is 1. The second kappa shape index (κ2) is 19.4. The molecule has 182 valence electrons. The summed E-state index contributed by atoms with van der Waals surface area (Å²) in [5.74, 6) is 1.08. The zero-order chi connectivity index (χ0) is 21.8. The molecule has 2 saturated heterocycles. The summed E-state index contributed by atoms with van der Waals surface area (Å²) in [6.45, 7) is 5.45. The maximum atomic E-state index is 12.1. The van der Waals surface area contributed by atoms with E-state index in [1.807, 2.05) is 21.6 Å². The molecule has 0 amide bonds. The van der Waals surface area contributed by atoms with Crippen LogP contribution in [0, 0.1) is 0 Å². The van der Waals surface area contributed by atoms with E-state index in [1.165, 1.54) is 18.6 Å². The van der Waals surface area contributed by atoms with E-state index in [4.69, 9.17) is 33.2 Å². The number of carbonyl (C=O) groups is 1. The SMILES string of the molecule is O=C(CCCCC1CCSS1)OCC1COCCOCCOCCOCCOCCO1. The van der Waals surface area contributed by atoms with Crippen molar-refractivity contribution in [3.05, 3.63) is 0 Å². The third-order valence-electron chi connectivity index (χ3n) is 4.69. The minimum Gasteiger partial charge on any atom is -0.463 e. The molecule has 10 heteroatoms. The molecule has 2 aliphatic rings. The monoisotopic (exact) mass is 482 g/mol. The van der Waals surface area contributed by atoms with Gasteiger partial charge in [0.15, 0.2) is 0 Å². The molecule has 0 bridgehead atoms. The van der Waals surface area contributed by atoms with E-state index in [0.29, 0.717) is 79.1 Å². The second-order valence-corrected chi connectivity index (χ2v) is 10.1. The van der Waals surface area contributed by atoms with E-state index in [-0.39, 0.29) is 18.7 Å². The molecule has 2 aliphatic heterocycles. The number of hydrogen-bond acceptors (Lipinski definition) is 10. The molecule has 0 spiro atoms. The topological polar surface area (TPSA) is 81.7 Å². The summed E-state index contributed by atoms with van der Waals surface area (Å²) in [6.07, 6.45) is 4.55. The summed E-state index contributed by atoms with van der Waals surface area (Å²) in [5.41, 5.74) is 0. The molecule has 0 aromatic heterocycles. The van der Waals surface area contributed by atoms with Crippen molar-refractivity contribution < 1.29 is 38.0 Å². The van der Waals surface area contributed by atoms with E-state index in [0.717, 1.165) is 18.1 Å². The van der Waals surface area contributed by atoms with Gasteiger partial charge < -0.3 is 33.2 Å². The number of rotatable bonds is 7. The van der Waals surface area contributed by atoms with E-state index >= 15 is 0 Å². The van der Waals surface area contributed by atoms with E-state index in [2.05, 4.69) is 0 Å². The molecule has 2 rings (SSSR count). The smallest absolute Gasteiger partial charge is 0.305 e. The Hall–Kier alpha value is -0.0700. The van der Waals surface area contributed by atoms with Gasteiger partial charge in [-0.3, -0.25) is 4.79 Å². The van der Waals surface area contributed by atoms with Crippen molar-refractivity contribution in [2.24, 2.45) is 0 Å². The van der Waals surface area contributed by atoms with Gasteiger partial charge in [0.1, 0.15) is 12.7 Å². The van der Waals surface area contributed by atoms with E-state index in [9.17, 15) is 4.79 Å². The molecule has 2 unspecified atom stereocenters. The van der Waals surface area contributed by atoms with Gasteiger partial charge in [-0.1, -0.05) is 28.0 Å². The van der Waals surface area contributed by atoms with Gasteiger partial charge in [0, 0.05) is 17.4 Å². The molecule has 31 heavy (non-hydrogen) atoms. The number of carbonyl (C=O) groups excluding carboxylic acids is 1. The van der Waals surface area contributed by atoms with Gasteiger partial charge in [0.2, 0.25) is 0 Å². The van der Waals surface area contributed by atoms with Crippen LogP contribution in [0.15, 0.2) is 0 Å². The molecule has 0 aromatic carbocycles. The van der Waals surface area contributed by atoms with Crippen molar-refractivity contribution in [3.63, 3.8) is 0 Å². The first-order valence-electron chi connectivity index (χ1n) is 11.3. The molecule has 0 radical (unpaired) electrons. The van der Waals surface area contributed by atoms with Gasteiger partial charge >= 0.3 is 5.97 Å². The highest BCUT2D eigenvalue weighted by Gasteiger charge is 2.17. The summed E-state index contributed by atoms with van der Waals surface area (Å²) < 4.78 is 38.7. The Kier molecular flexibility index (Phi) is 17.0. The lowest BCUT2D eigenvalue weighted by Gasteiger charge is -2.18. The Labute approximate surface area is 194 Å². The average Bonchev–Trinajstić information content (AvgIpc) is 3.29. The van der Waals surface area contributed by atoms with Crippen LogP contribution >= 0.6 is 21.6 Å².